The zero-order valence-electron chi connectivity index (χ0n) is 16.9. The fraction of sp³-hybridized carbons (Fsp3) is 0.429. The van der Waals surface area contributed by atoms with Gasteiger partial charge in [0.2, 0.25) is 0 Å². The van der Waals surface area contributed by atoms with E-state index in [2.05, 4.69) is 20.9 Å². The summed E-state index contributed by atoms with van der Waals surface area (Å²) >= 11 is 0. The number of carbonyl (C=O) groups is 1. The molecule has 0 spiro atoms. The molecule has 0 aliphatic carbocycles. The summed E-state index contributed by atoms with van der Waals surface area (Å²) < 4.78 is 16.8. The SMILES string of the molecule is CCNC(=NCC1COc2ccccc2O1)NCCCNC(=O)c1occc1C. The summed E-state index contributed by atoms with van der Waals surface area (Å²) in [6.45, 7) is 6.79. The lowest BCUT2D eigenvalue weighted by molar-refractivity contribution is 0.0924. The zero-order valence-corrected chi connectivity index (χ0v) is 16.9. The second-order valence-corrected chi connectivity index (χ2v) is 6.69. The van der Waals surface area contributed by atoms with Crippen molar-refractivity contribution in [1.29, 1.82) is 0 Å². The van der Waals surface area contributed by atoms with Crippen molar-refractivity contribution in [3.63, 3.8) is 0 Å². The maximum absolute atomic E-state index is 12.0. The van der Waals surface area contributed by atoms with Crippen LogP contribution >= 0.6 is 0 Å². The van der Waals surface area contributed by atoms with E-state index >= 15 is 0 Å². The van der Waals surface area contributed by atoms with Gasteiger partial charge in [-0.1, -0.05) is 12.1 Å². The van der Waals surface area contributed by atoms with Crippen LogP contribution in [0, 0.1) is 6.92 Å². The number of hydrogen-bond donors (Lipinski definition) is 3. The number of para-hydroxylation sites is 2. The maximum Gasteiger partial charge on any atom is 0.287 e. The molecule has 2 aromatic rings. The summed E-state index contributed by atoms with van der Waals surface area (Å²) in [5.41, 5.74) is 0.832. The van der Waals surface area contributed by atoms with E-state index < -0.39 is 0 Å². The zero-order chi connectivity index (χ0) is 20.5. The third-order valence-electron chi connectivity index (χ3n) is 4.36. The molecule has 0 saturated carbocycles. The van der Waals surface area contributed by atoms with E-state index in [1.165, 1.54) is 6.26 Å². The van der Waals surface area contributed by atoms with Crippen molar-refractivity contribution in [1.82, 2.24) is 16.0 Å². The average molecular weight is 400 g/mol. The van der Waals surface area contributed by atoms with E-state index in [1.54, 1.807) is 6.07 Å². The molecule has 8 heteroatoms. The quantitative estimate of drug-likeness (QED) is 0.357. The van der Waals surface area contributed by atoms with E-state index in [0.29, 0.717) is 38.0 Å². The molecule has 1 aliphatic rings. The largest absolute Gasteiger partial charge is 0.486 e. The summed E-state index contributed by atoms with van der Waals surface area (Å²) in [4.78, 5) is 16.6. The van der Waals surface area contributed by atoms with Gasteiger partial charge in [-0.2, -0.15) is 0 Å². The number of benzene rings is 1. The van der Waals surface area contributed by atoms with Gasteiger partial charge in [0.15, 0.2) is 29.3 Å². The molecule has 29 heavy (non-hydrogen) atoms. The molecule has 1 aromatic carbocycles. The van der Waals surface area contributed by atoms with Gasteiger partial charge in [0.1, 0.15) is 6.61 Å². The third-order valence-corrected chi connectivity index (χ3v) is 4.36. The molecular weight excluding hydrogens is 372 g/mol. The van der Waals surface area contributed by atoms with Crippen LogP contribution in [-0.4, -0.2) is 50.8 Å². The number of fused-ring (bicyclic) bond motifs is 1. The van der Waals surface area contributed by atoms with Crippen LogP contribution in [0.4, 0.5) is 0 Å². The number of nitrogens with zero attached hydrogens (tertiary/aromatic N) is 1. The molecule has 1 unspecified atom stereocenters. The molecule has 8 nitrogen and oxygen atoms in total. The molecule has 1 atom stereocenters. The predicted molar refractivity (Wildman–Crippen MR) is 111 cm³/mol. The van der Waals surface area contributed by atoms with Gasteiger partial charge < -0.3 is 29.8 Å². The Kier molecular flexibility index (Phi) is 7.38. The lowest BCUT2D eigenvalue weighted by Crippen LogP contribution is -2.40. The Bertz CT molecular complexity index is 834. The van der Waals surface area contributed by atoms with Crippen LogP contribution < -0.4 is 25.4 Å². The van der Waals surface area contributed by atoms with Crippen molar-refractivity contribution in [2.75, 3.05) is 32.8 Å². The van der Waals surface area contributed by atoms with Crippen LogP contribution in [0.3, 0.4) is 0 Å². The summed E-state index contributed by atoms with van der Waals surface area (Å²) in [5, 5.41) is 9.33. The monoisotopic (exact) mass is 400 g/mol. The molecule has 0 radical (unpaired) electrons. The minimum Gasteiger partial charge on any atom is -0.486 e. The molecule has 0 bridgehead atoms. The molecule has 2 heterocycles. The number of ether oxygens (including phenoxy) is 2. The molecule has 1 aliphatic heterocycles. The average Bonchev–Trinajstić information content (AvgIpc) is 3.17. The molecule has 156 valence electrons. The van der Waals surface area contributed by atoms with E-state index in [0.717, 1.165) is 30.0 Å². The number of nitrogens with one attached hydrogen (secondary N) is 3. The molecule has 3 rings (SSSR count). The van der Waals surface area contributed by atoms with E-state index in [9.17, 15) is 4.79 Å². The minimum absolute atomic E-state index is 0.129. The van der Waals surface area contributed by atoms with Crippen LogP contribution in [0.5, 0.6) is 11.5 Å². The van der Waals surface area contributed by atoms with Crippen LogP contribution in [0.1, 0.15) is 29.5 Å². The number of amides is 1. The summed E-state index contributed by atoms with van der Waals surface area (Å²) in [6.07, 6.45) is 2.15. The van der Waals surface area contributed by atoms with E-state index in [1.807, 2.05) is 38.1 Å². The normalized spacial score (nSPS) is 15.7. The van der Waals surface area contributed by atoms with Gasteiger partial charge >= 0.3 is 0 Å². The Morgan fingerprint density at radius 1 is 1.14 bits per heavy atom. The number of aliphatic imine (C=N–C) groups is 1. The van der Waals surface area contributed by atoms with Gasteiger partial charge in [0, 0.05) is 25.2 Å². The highest BCUT2D eigenvalue weighted by Crippen LogP contribution is 2.30. The van der Waals surface area contributed by atoms with Gasteiger partial charge in [0.25, 0.3) is 5.91 Å². The lowest BCUT2D eigenvalue weighted by atomic mass is 10.2. The van der Waals surface area contributed by atoms with Crippen molar-refractivity contribution in [2.45, 2.75) is 26.4 Å². The van der Waals surface area contributed by atoms with Crippen molar-refractivity contribution >= 4 is 11.9 Å². The molecule has 3 N–H and O–H groups in total. The fourth-order valence-corrected chi connectivity index (χ4v) is 2.87. The standard InChI is InChI=1S/C21H28N4O4/c1-3-22-21(24-11-6-10-23-20(26)19-15(2)9-12-27-19)25-13-16-14-28-17-7-4-5-8-18(17)29-16/h4-5,7-9,12,16H,3,6,10-11,13-14H2,1-2H3,(H,23,26)(H2,22,24,25). The molecule has 0 fully saturated rings. The third kappa shape index (κ3) is 5.91. The Morgan fingerprint density at radius 3 is 2.69 bits per heavy atom. The first-order chi connectivity index (χ1) is 14.2. The van der Waals surface area contributed by atoms with Crippen molar-refractivity contribution < 1.29 is 18.7 Å². The van der Waals surface area contributed by atoms with E-state index in [4.69, 9.17) is 13.9 Å². The maximum atomic E-state index is 12.0. The number of aryl methyl sites for hydroxylation is 1. The number of guanidine groups is 1. The summed E-state index contributed by atoms with van der Waals surface area (Å²) in [6, 6.07) is 9.41. The number of furan rings is 1. The first kappa shape index (κ1) is 20.6. The van der Waals surface area contributed by atoms with Crippen molar-refractivity contribution in [2.24, 2.45) is 4.99 Å². The van der Waals surface area contributed by atoms with Gasteiger partial charge in [-0.3, -0.25) is 4.79 Å². The Hall–Kier alpha value is -3.16. The second kappa shape index (κ2) is 10.4. The summed E-state index contributed by atoms with van der Waals surface area (Å²) in [7, 11) is 0. The minimum atomic E-state index is -0.192. The highest BCUT2D eigenvalue weighted by atomic mass is 16.6. The molecule has 1 aromatic heterocycles. The smallest absolute Gasteiger partial charge is 0.287 e. The van der Waals surface area contributed by atoms with Gasteiger partial charge in [-0.05, 0) is 38.5 Å². The predicted octanol–water partition coefficient (Wildman–Crippen LogP) is 2.10. The van der Waals surface area contributed by atoms with Crippen molar-refractivity contribution in [3.8, 4) is 11.5 Å². The van der Waals surface area contributed by atoms with Gasteiger partial charge in [-0.25, -0.2) is 4.99 Å². The van der Waals surface area contributed by atoms with Gasteiger partial charge in [0.05, 0.1) is 12.8 Å². The molecular formula is C21H28N4O4. The topological polar surface area (TPSA) is 97.1 Å². The number of hydrogen-bond acceptors (Lipinski definition) is 5. The molecule has 1 amide bonds. The van der Waals surface area contributed by atoms with Crippen LogP contribution in [0.2, 0.25) is 0 Å². The highest BCUT2D eigenvalue weighted by Gasteiger charge is 2.20. The first-order valence-electron chi connectivity index (χ1n) is 9.90. The molecule has 0 saturated heterocycles. The second-order valence-electron chi connectivity index (χ2n) is 6.69. The Labute approximate surface area is 170 Å². The Morgan fingerprint density at radius 2 is 1.93 bits per heavy atom. The van der Waals surface area contributed by atoms with Gasteiger partial charge in [-0.15, -0.1) is 0 Å². The first-order valence-corrected chi connectivity index (χ1v) is 9.90. The van der Waals surface area contributed by atoms with Crippen molar-refractivity contribution in [3.05, 3.63) is 47.9 Å². The summed E-state index contributed by atoms with van der Waals surface area (Å²) in [5.74, 6) is 2.40. The lowest BCUT2D eigenvalue weighted by Gasteiger charge is -2.25. The number of rotatable bonds is 8. The highest BCUT2D eigenvalue weighted by molar-refractivity contribution is 5.92. The Balaban J connectivity index is 1.39. The fourth-order valence-electron chi connectivity index (χ4n) is 2.87. The van der Waals surface area contributed by atoms with Crippen LogP contribution in [0.15, 0.2) is 46.0 Å². The number of carbonyl (C=O) groups excluding carboxylic acids is 1. The van der Waals surface area contributed by atoms with E-state index in [-0.39, 0.29) is 12.0 Å². The van der Waals surface area contributed by atoms with Crippen LogP contribution in [0.25, 0.3) is 0 Å². The van der Waals surface area contributed by atoms with Crippen LogP contribution in [-0.2, 0) is 0 Å².